The van der Waals surface area contributed by atoms with E-state index in [1.54, 1.807) is 0 Å². The molecular weight excluding hydrogens is 472 g/mol. The quantitative estimate of drug-likeness (QED) is 0.257. The van der Waals surface area contributed by atoms with Gasteiger partial charge in [0.1, 0.15) is 0 Å². The second-order valence-corrected chi connectivity index (χ2v) is 10.2. The molecule has 1 aliphatic carbocycles. The van der Waals surface area contributed by atoms with Gasteiger partial charge in [-0.1, -0.05) is 109 Å². The van der Waals surface area contributed by atoms with Crippen LogP contribution in [0.2, 0.25) is 0 Å². The van der Waals surface area contributed by atoms with Crippen molar-refractivity contribution in [3.8, 4) is 11.1 Å². The molecule has 5 heteroatoms. The summed E-state index contributed by atoms with van der Waals surface area (Å²) in [5.74, 6) is -0.109. The molecule has 5 rings (SSSR count). The summed E-state index contributed by atoms with van der Waals surface area (Å²) >= 11 is 0. The molecule has 1 aliphatic rings. The minimum Gasteiger partial charge on any atom is -0.465 e. The van der Waals surface area contributed by atoms with E-state index in [-0.39, 0.29) is 18.5 Å². The van der Waals surface area contributed by atoms with Crippen LogP contribution in [0.15, 0.2) is 109 Å². The standard InChI is InChI=1S/C33H34N2O3/c34-25(19-23-11-3-1-4-12-23)21-32(36)31(20-24-13-5-2-6-14-24)35(33(37)38)22-30-28-17-9-7-15-26(28)27-16-8-10-18-29(27)30/h1-18,25,30-32,36H,19-22,34H2,(H,37,38)/t25-,31-,32+/m0/s1. The van der Waals surface area contributed by atoms with Crippen LogP contribution in [0.4, 0.5) is 4.79 Å². The van der Waals surface area contributed by atoms with Crippen LogP contribution in [0.25, 0.3) is 11.1 Å². The van der Waals surface area contributed by atoms with Crippen LogP contribution >= 0.6 is 0 Å². The number of fused-ring (bicyclic) bond motifs is 3. The third-order valence-electron chi connectivity index (χ3n) is 7.60. The number of aliphatic hydroxyl groups is 1. The molecule has 38 heavy (non-hydrogen) atoms. The fraction of sp³-hybridized carbons (Fsp3) is 0.242. The maximum absolute atomic E-state index is 12.8. The molecule has 0 saturated carbocycles. The highest BCUT2D eigenvalue weighted by Crippen LogP contribution is 2.45. The van der Waals surface area contributed by atoms with Crippen molar-refractivity contribution in [2.24, 2.45) is 5.73 Å². The minimum atomic E-state index is -1.04. The zero-order valence-electron chi connectivity index (χ0n) is 21.4. The number of nitrogens with zero attached hydrogens (tertiary/aromatic N) is 1. The average molecular weight is 507 g/mol. The Morgan fingerprint density at radius 1 is 0.737 bits per heavy atom. The van der Waals surface area contributed by atoms with Gasteiger partial charge in [-0.15, -0.1) is 0 Å². The SMILES string of the molecule is N[C@@H](Cc1ccccc1)C[C@@H](O)[C@H](Cc1ccccc1)N(CC1c2ccccc2-c2ccccc21)C(=O)O. The third kappa shape index (κ3) is 5.64. The first-order valence-corrected chi connectivity index (χ1v) is 13.2. The van der Waals surface area contributed by atoms with Gasteiger partial charge < -0.3 is 20.8 Å². The summed E-state index contributed by atoms with van der Waals surface area (Å²) in [4.78, 5) is 14.2. The van der Waals surface area contributed by atoms with Crippen LogP contribution in [0, 0.1) is 0 Å². The first-order chi connectivity index (χ1) is 18.5. The van der Waals surface area contributed by atoms with Crippen LogP contribution in [0.5, 0.6) is 0 Å². The lowest BCUT2D eigenvalue weighted by atomic mass is 9.91. The maximum atomic E-state index is 12.8. The second-order valence-electron chi connectivity index (χ2n) is 10.2. The summed E-state index contributed by atoms with van der Waals surface area (Å²) in [6.45, 7) is 0.256. The lowest BCUT2D eigenvalue weighted by molar-refractivity contribution is 0.0385. The molecule has 0 radical (unpaired) electrons. The van der Waals surface area contributed by atoms with Crippen molar-refractivity contribution in [1.29, 1.82) is 0 Å². The van der Waals surface area contributed by atoms with Crippen molar-refractivity contribution in [2.45, 2.75) is 43.4 Å². The lowest BCUT2D eigenvalue weighted by Gasteiger charge is -2.36. The number of aliphatic hydroxyl groups excluding tert-OH is 1. The smallest absolute Gasteiger partial charge is 0.407 e. The van der Waals surface area contributed by atoms with Crippen molar-refractivity contribution in [2.75, 3.05) is 6.54 Å². The summed E-state index contributed by atoms with van der Waals surface area (Å²) in [7, 11) is 0. The number of nitrogens with two attached hydrogens (primary N) is 1. The Hall–Kier alpha value is -3.93. The van der Waals surface area contributed by atoms with Crippen LogP contribution in [-0.2, 0) is 12.8 Å². The Kier molecular flexibility index (Phi) is 7.87. The Balaban J connectivity index is 1.43. The van der Waals surface area contributed by atoms with Gasteiger partial charge >= 0.3 is 6.09 Å². The van der Waals surface area contributed by atoms with Crippen molar-refractivity contribution in [3.63, 3.8) is 0 Å². The topological polar surface area (TPSA) is 86.8 Å². The van der Waals surface area contributed by atoms with Gasteiger partial charge in [0, 0.05) is 18.5 Å². The van der Waals surface area contributed by atoms with Crippen LogP contribution in [-0.4, -0.2) is 45.9 Å². The third-order valence-corrected chi connectivity index (χ3v) is 7.60. The highest BCUT2D eigenvalue weighted by molar-refractivity contribution is 5.79. The van der Waals surface area contributed by atoms with Gasteiger partial charge in [0.25, 0.3) is 0 Å². The first-order valence-electron chi connectivity index (χ1n) is 13.2. The number of benzene rings is 4. The molecule has 194 valence electrons. The molecule has 0 spiro atoms. The molecule has 3 atom stereocenters. The molecule has 0 heterocycles. The molecule has 0 aromatic heterocycles. The number of hydrogen-bond acceptors (Lipinski definition) is 3. The van der Waals surface area contributed by atoms with Gasteiger partial charge in [0.15, 0.2) is 0 Å². The van der Waals surface area contributed by atoms with Gasteiger partial charge in [-0.3, -0.25) is 0 Å². The average Bonchev–Trinajstić information content (AvgIpc) is 3.25. The summed E-state index contributed by atoms with van der Waals surface area (Å²) in [6, 6.07) is 35.2. The van der Waals surface area contributed by atoms with E-state index in [2.05, 4.69) is 24.3 Å². The fourth-order valence-electron chi connectivity index (χ4n) is 5.79. The summed E-state index contributed by atoms with van der Waals surface area (Å²) in [5.41, 5.74) is 13.1. The van der Waals surface area contributed by atoms with E-state index in [0.29, 0.717) is 19.3 Å². The molecule has 4 aromatic carbocycles. The molecule has 1 amide bonds. The van der Waals surface area contributed by atoms with E-state index in [4.69, 9.17) is 5.73 Å². The largest absolute Gasteiger partial charge is 0.465 e. The predicted molar refractivity (Wildman–Crippen MR) is 151 cm³/mol. The molecule has 0 saturated heterocycles. The van der Waals surface area contributed by atoms with Gasteiger partial charge in [-0.2, -0.15) is 0 Å². The highest BCUT2D eigenvalue weighted by atomic mass is 16.4. The normalized spacial score (nSPS) is 14.8. The Morgan fingerprint density at radius 3 is 1.74 bits per heavy atom. The summed E-state index contributed by atoms with van der Waals surface area (Å²) in [6.07, 6.45) is -0.636. The van der Waals surface area contributed by atoms with E-state index in [1.807, 2.05) is 84.9 Å². The molecular formula is C33H34N2O3. The molecule has 5 nitrogen and oxygen atoms in total. The second kappa shape index (κ2) is 11.6. The van der Waals surface area contributed by atoms with E-state index in [1.165, 1.54) is 4.90 Å². The summed E-state index contributed by atoms with van der Waals surface area (Å²) < 4.78 is 0. The monoisotopic (exact) mass is 506 g/mol. The molecule has 0 bridgehead atoms. The molecule has 4 aromatic rings. The summed E-state index contributed by atoms with van der Waals surface area (Å²) in [5, 5.41) is 22.0. The zero-order valence-corrected chi connectivity index (χ0v) is 21.4. The van der Waals surface area contributed by atoms with E-state index in [9.17, 15) is 15.0 Å². The van der Waals surface area contributed by atoms with Gasteiger partial charge in [-0.05, 0) is 52.6 Å². The maximum Gasteiger partial charge on any atom is 0.407 e. The van der Waals surface area contributed by atoms with Crippen molar-refractivity contribution >= 4 is 6.09 Å². The van der Waals surface area contributed by atoms with Crippen LogP contribution in [0.3, 0.4) is 0 Å². The lowest BCUT2D eigenvalue weighted by Crippen LogP contribution is -2.51. The number of carbonyl (C=O) groups is 1. The van der Waals surface area contributed by atoms with Crippen molar-refractivity contribution in [3.05, 3.63) is 131 Å². The van der Waals surface area contributed by atoms with Crippen LogP contribution in [0.1, 0.15) is 34.6 Å². The minimum absolute atomic E-state index is 0.109. The number of amides is 1. The highest BCUT2D eigenvalue weighted by Gasteiger charge is 2.36. The van der Waals surface area contributed by atoms with E-state index in [0.717, 1.165) is 33.4 Å². The van der Waals surface area contributed by atoms with Crippen LogP contribution < -0.4 is 5.73 Å². The molecule has 4 N–H and O–H groups in total. The first kappa shape index (κ1) is 25.7. The van der Waals surface area contributed by atoms with Gasteiger partial charge in [0.05, 0.1) is 12.1 Å². The zero-order chi connectivity index (χ0) is 26.5. The van der Waals surface area contributed by atoms with Gasteiger partial charge in [-0.25, -0.2) is 4.79 Å². The predicted octanol–water partition coefficient (Wildman–Crippen LogP) is 5.71. The van der Waals surface area contributed by atoms with E-state index < -0.39 is 18.2 Å². The van der Waals surface area contributed by atoms with Crippen molar-refractivity contribution < 1.29 is 15.0 Å². The molecule has 0 unspecified atom stereocenters. The van der Waals surface area contributed by atoms with E-state index >= 15 is 0 Å². The number of carboxylic acid groups (broad SMARTS) is 1. The molecule has 0 aliphatic heterocycles. The fourth-order valence-corrected chi connectivity index (χ4v) is 5.79. The van der Waals surface area contributed by atoms with Gasteiger partial charge in [0.2, 0.25) is 0 Å². The number of hydrogen-bond donors (Lipinski definition) is 3. The Morgan fingerprint density at radius 2 is 1.21 bits per heavy atom. The Bertz CT molecular complexity index is 1310. The van der Waals surface area contributed by atoms with Crippen molar-refractivity contribution in [1.82, 2.24) is 4.90 Å². The molecule has 0 fully saturated rings. The Labute approximate surface area is 224 Å². The number of rotatable bonds is 10.